The second kappa shape index (κ2) is 10.9. The minimum absolute atomic E-state index is 0.257. The van der Waals surface area contributed by atoms with Crippen molar-refractivity contribution in [1.29, 1.82) is 0 Å². The highest BCUT2D eigenvalue weighted by molar-refractivity contribution is 6.32. The van der Waals surface area contributed by atoms with Gasteiger partial charge in [0.15, 0.2) is 5.60 Å². The van der Waals surface area contributed by atoms with Crippen molar-refractivity contribution in [3.8, 4) is 17.0 Å². The van der Waals surface area contributed by atoms with Crippen LogP contribution >= 0.6 is 11.6 Å². The molecule has 0 saturated carbocycles. The van der Waals surface area contributed by atoms with E-state index in [2.05, 4.69) is 10.00 Å². The smallest absolute Gasteiger partial charge is 0.416 e. The number of rotatable bonds is 9. The fraction of sp³-hybridized carbons (Fsp3) is 0.385. The van der Waals surface area contributed by atoms with Gasteiger partial charge in [0.1, 0.15) is 5.75 Å². The minimum Gasteiger partial charge on any atom is -0.475 e. The first-order valence-electron chi connectivity index (χ1n) is 11.3. The summed E-state index contributed by atoms with van der Waals surface area (Å²) >= 11 is 6.42. The molecule has 0 fully saturated rings. The Kier molecular flexibility index (Phi) is 8.36. The SMILES string of the molecule is CCOC(=O)C(C)(C)Oc1ccc(CN(C)Cc2cc(-c3ccc(C(F)(F)F)cc3)nn2C)cc1Cl. The number of hydrogen-bond donors (Lipinski definition) is 0. The first-order valence-corrected chi connectivity index (χ1v) is 11.7. The second-order valence-corrected chi connectivity index (χ2v) is 9.40. The topological polar surface area (TPSA) is 56.6 Å². The zero-order chi connectivity index (χ0) is 26.7. The van der Waals surface area contributed by atoms with Crippen LogP contribution in [-0.2, 0) is 35.8 Å². The molecule has 0 unspecified atom stereocenters. The molecule has 0 aliphatic rings. The molecule has 0 aliphatic heterocycles. The van der Waals surface area contributed by atoms with E-state index in [-0.39, 0.29) is 6.61 Å². The molecule has 0 amide bonds. The fourth-order valence-corrected chi connectivity index (χ4v) is 3.86. The maximum Gasteiger partial charge on any atom is 0.416 e. The number of esters is 1. The standard InChI is InChI=1S/C26H29ClF3N3O3/c1-6-35-24(34)25(2,3)36-23-12-7-17(13-21(23)27)15-32(4)16-20-14-22(31-33(20)5)18-8-10-19(11-9-18)26(28,29)30/h7-14H,6,15-16H2,1-5H3. The Labute approximate surface area is 213 Å². The first-order chi connectivity index (χ1) is 16.8. The van der Waals surface area contributed by atoms with E-state index in [9.17, 15) is 18.0 Å². The maximum absolute atomic E-state index is 12.8. The number of benzene rings is 2. The number of hydrogen-bond acceptors (Lipinski definition) is 5. The van der Waals surface area contributed by atoms with E-state index in [1.165, 1.54) is 12.1 Å². The molecule has 1 heterocycles. The lowest BCUT2D eigenvalue weighted by atomic mass is 10.1. The maximum atomic E-state index is 12.8. The zero-order valence-corrected chi connectivity index (χ0v) is 21.6. The molecule has 3 rings (SSSR count). The summed E-state index contributed by atoms with van der Waals surface area (Å²) in [6, 6.07) is 12.2. The van der Waals surface area contributed by atoms with Crippen molar-refractivity contribution < 1.29 is 27.4 Å². The molecule has 6 nitrogen and oxygen atoms in total. The number of aromatic nitrogens is 2. The van der Waals surface area contributed by atoms with Gasteiger partial charge in [-0.25, -0.2) is 4.79 Å². The van der Waals surface area contributed by atoms with Crippen molar-refractivity contribution in [1.82, 2.24) is 14.7 Å². The van der Waals surface area contributed by atoms with Crippen LogP contribution in [0.3, 0.4) is 0 Å². The highest BCUT2D eigenvalue weighted by Crippen LogP contribution is 2.32. The van der Waals surface area contributed by atoms with Gasteiger partial charge >= 0.3 is 12.1 Å². The van der Waals surface area contributed by atoms with Gasteiger partial charge in [-0.05, 0) is 63.7 Å². The van der Waals surface area contributed by atoms with Crippen LogP contribution in [0.25, 0.3) is 11.3 Å². The van der Waals surface area contributed by atoms with E-state index in [1.807, 2.05) is 19.2 Å². The van der Waals surface area contributed by atoms with Gasteiger partial charge in [-0.2, -0.15) is 18.3 Å². The summed E-state index contributed by atoms with van der Waals surface area (Å²) < 4.78 is 51.1. The summed E-state index contributed by atoms with van der Waals surface area (Å²) in [7, 11) is 3.73. The Morgan fingerprint density at radius 2 is 1.75 bits per heavy atom. The number of carbonyl (C=O) groups is 1. The molecule has 194 valence electrons. The van der Waals surface area contributed by atoms with Gasteiger partial charge in [0, 0.05) is 25.7 Å². The van der Waals surface area contributed by atoms with E-state index >= 15 is 0 Å². The molecular weight excluding hydrogens is 495 g/mol. The zero-order valence-electron chi connectivity index (χ0n) is 20.8. The molecule has 0 N–H and O–H groups in total. The van der Waals surface area contributed by atoms with Crippen LogP contribution < -0.4 is 4.74 Å². The summed E-state index contributed by atoms with van der Waals surface area (Å²) in [6.07, 6.45) is -4.37. The first kappa shape index (κ1) is 27.5. The molecular formula is C26H29ClF3N3O3. The molecule has 0 aliphatic carbocycles. The highest BCUT2D eigenvalue weighted by atomic mass is 35.5. The Bertz CT molecular complexity index is 1210. The number of ether oxygens (including phenoxy) is 2. The van der Waals surface area contributed by atoms with E-state index in [1.54, 1.807) is 44.6 Å². The van der Waals surface area contributed by atoms with Crippen LogP contribution in [0.5, 0.6) is 5.75 Å². The molecule has 0 bridgehead atoms. The monoisotopic (exact) mass is 523 g/mol. The van der Waals surface area contributed by atoms with Gasteiger partial charge in [0.05, 0.1) is 28.6 Å². The minimum atomic E-state index is -4.37. The van der Waals surface area contributed by atoms with Gasteiger partial charge < -0.3 is 9.47 Å². The lowest BCUT2D eigenvalue weighted by Gasteiger charge is -2.25. The second-order valence-electron chi connectivity index (χ2n) is 8.99. The summed E-state index contributed by atoms with van der Waals surface area (Å²) in [4.78, 5) is 14.1. The van der Waals surface area contributed by atoms with E-state index in [4.69, 9.17) is 21.1 Å². The number of alkyl halides is 3. The average molecular weight is 524 g/mol. The summed E-state index contributed by atoms with van der Waals surface area (Å²) in [5, 5.41) is 4.83. The van der Waals surface area contributed by atoms with Crippen molar-refractivity contribution in [3.05, 3.63) is 70.4 Å². The quantitative estimate of drug-likeness (QED) is 0.317. The predicted octanol–water partition coefficient (Wildman–Crippen LogP) is 6.11. The summed E-state index contributed by atoms with van der Waals surface area (Å²) in [5.74, 6) is -0.0920. The number of halogens is 4. The largest absolute Gasteiger partial charge is 0.475 e. The average Bonchev–Trinajstić information content (AvgIpc) is 3.15. The van der Waals surface area contributed by atoms with Crippen LogP contribution in [0.2, 0.25) is 5.02 Å². The third kappa shape index (κ3) is 6.79. The molecule has 0 saturated heterocycles. The van der Waals surface area contributed by atoms with Crippen LogP contribution in [-0.4, -0.2) is 39.9 Å². The van der Waals surface area contributed by atoms with Crippen molar-refractivity contribution in [2.75, 3.05) is 13.7 Å². The Hall–Kier alpha value is -3.04. The van der Waals surface area contributed by atoms with Gasteiger partial charge in [0.2, 0.25) is 0 Å². The van der Waals surface area contributed by atoms with Crippen molar-refractivity contribution in [3.63, 3.8) is 0 Å². The molecule has 0 atom stereocenters. The molecule has 2 aromatic carbocycles. The van der Waals surface area contributed by atoms with Crippen LogP contribution in [0, 0.1) is 0 Å². The third-order valence-corrected chi connectivity index (χ3v) is 5.79. The summed E-state index contributed by atoms with van der Waals surface area (Å²) in [6.45, 7) is 6.35. The molecule has 0 spiro atoms. The van der Waals surface area contributed by atoms with Crippen LogP contribution in [0.1, 0.15) is 37.6 Å². The van der Waals surface area contributed by atoms with Gasteiger partial charge in [-0.1, -0.05) is 29.8 Å². The highest BCUT2D eigenvalue weighted by Gasteiger charge is 2.32. The molecule has 10 heteroatoms. The van der Waals surface area contributed by atoms with E-state index in [0.29, 0.717) is 35.1 Å². The van der Waals surface area contributed by atoms with E-state index < -0.39 is 23.3 Å². The van der Waals surface area contributed by atoms with Gasteiger partial charge in [-0.15, -0.1) is 0 Å². The Morgan fingerprint density at radius 1 is 1.08 bits per heavy atom. The number of aryl methyl sites for hydroxylation is 1. The number of carbonyl (C=O) groups excluding carboxylic acids is 1. The van der Waals surface area contributed by atoms with Crippen molar-refractivity contribution in [2.45, 2.75) is 45.6 Å². The Balaban J connectivity index is 1.66. The van der Waals surface area contributed by atoms with Gasteiger partial charge in [-0.3, -0.25) is 9.58 Å². The summed E-state index contributed by atoms with van der Waals surface area (Å²) in [5.41, 5.74) is 1.18. The van der Waals surface area contributed by atoms with Crippen molar-refractivity contribution >= 4 is 17.6 Å². The van der Waals surface area contributed by atoms with Crippen molar-refractivity contribution in [2.24, 2.45) is 7.05 Å². The van der Waals surface area contributed by atoms with E-state index in [0.717, 1.165) is 23.4 Å². The predicted molar refractivity (Wildman–Crippen MR) is 132 cm³/mol. The van der Waals surface area contributed by atoms with Crippen LogP contribution in [0.4, 0.5) is 13.2 Å². The number of nitrogens with zero attached hydrogens (tertiary/aromatic N) is 3. The molecule has 36 heavy (non-hydrogen) atoms. The third-order valence-electron chi connectivity index (χ3n) is 5.50. The molecule has 0 radical (unpaired) electrons. The molecule has 1 aromatic heterocycles. The lowest BCUT2D eigenvalue weighted by molar-refractivity contribution is -0.158. The van der Waals surface area contributed by atoms with Gasteiger partial charge in [0.25, 0.3) is 0 Å². The fourth-order valence-electron chi connectivity index (χ4n) is 3.62. The normalized spacial score (nSPS) is 12.2. The lowest BCUT2D eigenvalue weighted by Crippen LogP contribution is -2.39. The molecule has 3 aromatic rings. The Morgan fingerprint density at radius 3 is 2.33 bits per heavy atom. The van der Waals surface area contributed by atoms with Crippen LogP contribution in [0.15, 0.2) is 48.5 Å².